The number of carbonyl (C=O) groups is 2. The minimum atomic E-state index is -4.50. The van der Waals surface area contributed by atoms with E-state index in [1.54, 1.807) is 0 Å². The Balaban J connectivity index is 2.25. The van der Waals surface area contributed by atoms with Crippen molar-refractivity contribution in [3.05, 3.63) is 45.5 Å². The quantitative estimate of drug-likeness (QED) is 0.783. The number of benzene rings is 1. The van der Waals surface area contributed by atoms with E-state index in [0.717, 1.165) is 12.1 Å². The second kappa shape index (κ2) is 5.10. The van der Waals surface area contributed by atoms with Crippen molar-refractivity contribution < 1.29 is 22.8 Å². The minimum Gasteiger partial charge on any atom is -0.268 e. The average molecular weight is 324 g/mol. The Morgan fingerprint density at radius 2 is 1.60 bits per heavy atom. The smallest absolute Gasteiger partial charge is 0.268 e. The van der Waals surface area contributed by atoms with Gasteiger partial charge in [0.15, 0.2) is 0 Å². The lowest BCUT2D eigenvalue weighted by molar-refractivity contribution is -0.138. The molecule has 0 spiro atoms. The highest BCUT2D eigenvalue weighted by Crippen LogP contribution is 2.31. The third-order valence-electron chi connectivity index (χ3n) is 2.65. The summed E-state index contributed by atoms with van der Waals surface area (Å²) in [5.74, 6) is -1.64. The number of hydrogen-bond donors (Lipinski definition) is 0. The molecule has 1 aliphatic heterocycles. The van der Waals surface area contributed by atoms with Crippen molar-refractivity contribution in [1.29, 1.82) is 0 Å². The van der Waals surface area contributed by atoms with Crippen LogP contribution in [-0.2, 0) is 22.3 Å². The molecule has 1 aromatic carbocycles. The zero-order chi connectivity index (χ0) is 15.1. The molecule has 0 atom stereocenters. The van der Waals surface area contributed by atoms with Gasteiger partial charge in [0.05, 0.1) is 12.1 Å². The van der Waals surface area contributed by atoms with Gasteiger partial charge in [-0.25, -0.2) is 0 Å². The van der Waals surface area contributed by atoms with Crippen molar-refractivity contribution in [2.75, 3.05) is 0 Å². The van der Waals surface area contributed by atoms with Gasteiger partial charge in [0.25, 0.3) is 11.8 Å². The monoisotopic (exact) mass is 323 g/mol. The van der Waals surface area contributed by atoms with Gasteiger partial charge in [0.1, 0.15) is 10.1 Å². The number of carbonyl (C=O) groups excluding carboxylic acids is 2. The fourth-order valence-electron chi connectivity index (χ4n) is 1.69. The third-order valence-corrected chi connectivity index (χ3v) is 3.45. The predicted molar refractivity (Wildman–Crippen MR) is 65.7 cm³/mol. The molecule has 2 rings (SSSR count). The number of rotatable bonds is 2. The average Bonchev–Trinajstić information content (AvgIpc) is 2.56. The first-order valence-electron chi connectivity index (χ1n) is 5.29. The Morgan fingerprint density at radius 3 is 2.10 bits per heavy atom. The van der Waals surface area contributed by atoms with Gasteiger partial charge in [-0.05, 0) is 17.7 Å². The Labute approximate surface area is 121 Å². The van der Waals surface area contributed by atoms with E-state index in [2.05, 4.69) is 0 Å². The lowest BCUT2D eigenvalue weighted by Gasteiger charge is -2.15. The van der Waals surface area contributed by atoms with E-state index in [-0.39, 0.29) is 12.1 Å². The minimum absolute atomic E-state index is 0.150. The predicted octanol–water partition coefficient (Wildman–Crippen LogP) is 3.26. The fraction of sp³-hybridized carbons (Fsp3) is 0.167. The van der Waals surface area contributed by atoms with Crippen LogP contribution in [0, 0.1) is 0 Å². The zero-order valence-electron chi connectivity index (χ0n) is 9.67. The highest BCUT2D eigenvalue weighted by molar-refractivity contribution is 6.58. The SMILES string of the molecule is O=C1C(Cl)=C(Cl)C(=O)N1Cc1cccc(C(F)(F)F)c1. The third kappa shape index (κ3) is 2.66. The molecule has 1 heterocycles. The molecule has 0 saturated carbocycles. The number of hydrogen-bond acceptors (Lipinski definition) is 2. The standard InChI is InChI=1S/C12H6Cl2F3NO2/c13-8-9(14)11(20)18(10(8)19)5-6-2-1-3-7(4-6)12(15,16)17/h1-4H,5H2. The summed E-state index contributed by atoms with van der Waals surface area (Å²) in [6, 6.07) is 4.33. The number of imide groups is 1. The first kappa shape index (κ1) is 14.9. The van der Waals surface area contributed by atoms with Gasteiger partial charge in [-0.15, -0.1) is 0 Å². The van der Waals surface area contributed by atoms with Crippen LogP contribution in [-0.4, -0.2) is 16.7 Å². The van der Waals surface area contributed by atoms with Crippen molar-refractivity contribution in [1.82, 2.24) is 4.90 Å². The second-order valence-electron chi connectivity index (χ2n) is 4.02. The lowest BCUT2D eigenvalue weighted by atomic mass is 10.1. The largest absolute Gasteiger partial charge is 0.416 e. The van der Waals surface area contributed by atoms with Gasteiger partial charge in [-0.1, -0.05) is 35.3 Å². The van der Waals surface area contributed by atoms with Gasteiger partial charge in [0, 0.05) is 0 Å². The maximum absolute atomic E-state index is 12.6. The van der Waals surface area contributed by atoms with Crippen molar-refractivity contribution in [3.63, 3.8) is 0 Å². The van der Waals surface area contributed by atoms with E-state index in [1.807, 2.05) is 0 Å². The second-order valence-corrected chi connectivity index (χ2v) is 4.78. The van der Waals surface area contributed by atoms with E-state index >= 15 is 0 Å². The number of halogens is 5. The molecule has 1 aromatic rings. The first-order valence-corrected chi connectivity index (χ1v) is 6.05. The number of alkyl halides is 3. The maximum atomic E-state index is 12.6. The van der Waals surface area contributed by atoms with Crippen LogP contribution < -0.4 is 0 Å². The topological polar surface area (TPSA) is 37.4 Å². The number of nitrogens with zero attached hydrogens (tertiary/aromatic N) is 1. The van der Waals surface area contributed by atoms with Crippen LogP contribution in [0.3, 0.4) is 0 Å². The molecule has 8 heteroatoms. The highest BCUT2D eigenvalue weighted by atomic mass is 35.5. The van der Waals surface area contributed by atoms with Gasteiger partial charge >= 0.3 is 6.18 Å². The van der Waals surface area contributed by atoms with E-state index in [4.69, 9.17) is 23.2 Å². The molecule has 1 aliphatic rings. The van der Waals surface area contributed by atoms with Crippen LogP contribution in [0.15, 0.2) is 34.3 Å². The van der Waals surface area contributed by atoms with E-state index < -0.39 is 33.6 Å². The summed E-state index contributed by atoms with van der Waals surface area (Å²) in [5, 5.41) is -0.854. The molecule has 0 unspecified atom stereocenters. The maximum Gasteiger partial charge on any atom is 0.416 e. The van der Waals surface area contributed by atoms with Crippen LogP contribution >= 0.6 is 23.2 Å². The van der Waals surface area contributed by atoms with Crippen molar-refractivity contribution in [2.24, 2.45) is 0 Å². The molecule has 0 aromatic heterocycles. The molecule has 0 saturated heterocycles. The zero-order valence-corrected chi connectivity index (χ0v) is 11.2. The van der Waals surface area contributed by atoms with Crippen LogP contribution in [0.2, 0.25) is 0 Å². The Kier molecular flexibility index (Phi) is 3.80. The normalized spacial score (nSPS) is 16.4. The van der Waals surface area contributed by atoms with Gasteiger partial charge in [0.2, 0.25) is 0 Å². The summed E-state index contributed by atoms with van der Waals surface area (Å²) in [7, 11) is 0. The molecule has 0 fully saturated rings. The van der Waals surface area contributed by atoms with Gasteiger partial charge < -0.3 is 0 Å². The van der Waals surface area contributed by atoms with Crippen molar-refractivity contribution in [2.45, 2.75) is 12.7 Å². The summed E-state index contributed by atoms with van der Waals surface area (Å²) in [5.41, 5.74) is -0.711. The molecule has 2 amide bonds. The summed E-state index contributed by atoms with van der Waals surface area (Å²) in [6.07, 6.45) is -4.50. The first-order chi connectivity index (χ1) is 9.21. The van der Waals surface area contributed by atoms with Crippen molar-refractivity contribution in [3.8, 4) is 0 Å². The van der Waals surface area contributed by atoms with E-state index in [0.29, 0.717) is 4.90 Å². The van der Waals surface area contributed by atoms with Crippen LogP contribution in [0.4, 0.5) is 13.2 Å². The molecular weight excluding hydrogens is 318 g/mol. The molecule has 0 bridgehead atoms. The Bertz CT molecular complexity index is 601. The number of amides is 2. The Hall–Kier alpha value is -1.53. The lowest BCUT2D eigenvalue weighted by Crippen LogP contribution is -2.30. The Morgan fingerprint density at radius 1 is 1.05 bits per heavy atom. The summed E-state index contributed by atoms with van der Waals surface area (Å²) >= 11 is 11.1. The highest BCUT2D eigenvalue weighted by Gasteiger charge is 2.37. The van der Waals surface area contributed by atoms with Gasteiger partial charge in [-0.3, -0.25) is 14.5 Å². The van der Waals surface area contributed by atoms with Crippen LogP contribution in [0.25, 0.3) is 0 Å². The summed E-state index contributed by atoms with van der Waals surface area (Å²) < 4.78 is 37.7. The van der Waals surface area contributed by atoms with Gasteiger partial charge in [-0.2, -0.15) is 13.2 Å². The van der Waals surface area contributed by atoms with Crippen LogP contribution in [0.1, 0.15) is 11.1 Å². The fourth-order valence-corrected chi connectivity index (χ4v) is 2.05. The molecular formula is C12H6Cl2F3NO2. The molecule has 3 nitrogen and oxygen atoms in total. The van der Waals surface area contributed by atoms with E-state index in [1.165, 1.54) is 12.1 Å². The van der Waals surface area contributed by atoms with Crippen molar-refractivity contribution >= 4 is 35.0 Å². The summed E-state index contributed by atoms with van der Waals surface area (Å²) in [4.78, 5) is 23.9. The van der Waals surface area contributed by atoms with E-state index in [9.17, 15) is 22.8 Å². The molecule has 0 aliphatic carbocycles. The molecule has 0 N–H and O–H groups in total. The molecule has 20 heavy (non-hydrogen) atoms. The summed E-state index contributed by atoms with van der Waals surface area (Å²) in [6.45, 7) is -0.325. The molecule has 106 valence electrons. The molecule has 0 radical (unpaired) electrons. The van der Waals surface area contributed by atoms with Crippen LogP contribution in [0.5, 0.6) is 0 Å².